The second-order valence-electron chi connectivity index (χ2n) is 6.09. The van der Waals surface area contributed by atoms with Gasteiger partial charge >= 0.3 is 0 Å². The summed E-state index contributed by atoms with van der Waals surface area (Å²) >= 11 is 0. The third kappa shape index (κ3) is 10.2. The molecule has 0 aromatic carbocycles. The van der Waals surface area contributed by atoms with E-state index >= 15 is 0 Å². The van der Waals surface area contributed by atoms with Gasteiger partial charge < -0.3 is 10.1 Å². The first-order chi connectivity index (χ1) is 6.77. The summed E-state index contributed by atoms with van der Waals surface area (Å²) < 4.78 is 5.59. The zero-order chi connectivity index (χ0) is 11.9. The molecule has 0 saturated heterocycles. The fraction of sp³-hybridized carbons (Fsp3) is 1.00. The Morgan fingerprint density at radius 1 is 1.00 bits per heavy atom. The normalized spacial score (nSPS) is 13.2. The van der Waals surface area contributed by atoms with E-state index in [4.69, 9.17) is 4.74 Å². The summed E-state index contributed by atoms with van der Waals surface area (Å²) in [6.07, 6.45) is 2.28. The van der Waals surface area contributed by atoms with Crippen molar-refractivity contribution in [3.8, 4) is 0 Å². The zero-order valence-corrected chi connectivity index (χ0v) is 11.4. The number of hydrogen-bond donors (Lipinski definition) is 1. The second-order valence-corrected chi connectivity index (χ2v) is 6.09. The van der Waals surface area contributed by atoms with Crippen LogP contribution in [0.3, 0.4) is 0 Å². The zero-order valence-electron chi connectivity index (χ0n) is 11.4. The van der Waals surface area contributed by atoms with Crippen LogP contribution in [0.5, 0.6) is 0 Å². The quantitative estimate of drug-likeness (QED) is 0.658. The van der Waals surface area contributed by atoms with Crippen LogP contribution in [0, 0.1) is 5.41 Å². The lowest BCUT2D eigenvalue weighted by Gasteiger charge is -2.24. The molecule has 0 aromatic rings. The first-order valence-electron chi connectivity index (χ1n) is 6.10. The number of ether oxygens (including phenoxy) is 1. The van der Waals surface area contributed by atoms with Gasteiger partial charge in [0.15, 0.2) is 0 Å². The van der Waals surface area contributed by atoms with Crippen molar-refractivity contribution in [1.82, 2.24) is 5.32 Å². The molecule has 0 saturated carbocycles. The van der Waals surface area contributed by atoms with Gasteiger partial charge in [-0.05, 0) is 32.1 Å². The number of rotatable bonds is 7. The summed E-state index contributed by atoms with van der Waals surface area (Å²) in [4.78, 5) is 0. The fourth-order valence-electron chi connectivity index (χ4n) is 1.07. The minimum atomic E-state index is 0.243. The summed E-state index contributed by atoms with van der Waals surface area (Å²) in [6, 6.07) is 0. The van der Waals surface area contributed by atoms with Crippen LogP contribution in [-0.2, 0) is 4.74 Å². The third-order valence-corrected chi connectivity index (χ3v) is 2.73. The van der Waals surface area contributed by atoms with Crippen LogP contribution in [0.15, 0.2) is 0 Å². The van der Waals surface area contributed by atoms with Crippen molar-refractivity contribution < 1.29 is 4.74 Å². The summed E-state index contributed by atoms with van der Waals surface area (Å²) in [5.74, 6) is 0. The minimum Gasteiger partial charge on any atom is -0.380 e. The fourth-order valence-corrected chi connectivity index (χ4v) is 1.07. The van der Waals surface area contributed by atoms with E-state index in [1.807, 2.05) is 0 Å². The smallest absolute Gasteiger partial charge is 0.0591 e. The molecule has 0 aliphatic heterocycles. The predicted octanol–water partition coefficient (Wildman–Crippen LogP) is 3.22. The summed E-state index contributed by atoms with van der Waals surface area (Å²) in [5.41, 5.74) is 0.628. The lowest BCUT2D eigenvalue weighted by Crippen LogP contribution is -2.40. The molecule has 15 heavy (non-hydrogen) atoms. The van der Waals surface area contributed by atoms with E-state index in [9.17, 15) is 0 Å². The van der Waals surface area contributed by atoms with Gasteiger partial charge in [0.25, 0.3) is 0 Å². The Balaban J connectivity index is 3.33. The van der Waals surface area contributed by atoms with Crippen molar-refractivity contribution in [2.45, 2.75) is 59.9 Å². The van der Waals surface area contributed by atoms with Crippen LogP contribution in [0.2, 0.25) is 0 Å². The highest BCUT2D eigenvalue weighted by Crippen LogP contribution is 2.17. The molecule has 0 unspecified atom stereocenters. The summed E-state index contributed by atoms with van der Waals surface area (Å²) in [7, 11) is 0. The molecule has 0 fully saturated rings. The molecule has 0 spiro atoms. The number of nitrogens with one attached hydrogen (secondary N) is 1. The molecule has 0 atom stereocenters. The van der Waals surface area contributed by atoms with E-state index in [2.05, 4.69) is 46.9 Å². The average molecular weight is 215 g/mol. The van der Waals surface area contributed by atoms with Crippen LogP contribution in [0.4, 0.5) is 0 Å². The van der Waals surface area contributed by atoms with Gasteiger partial charge in [-0.3, -0.25) is 0 Å². The molecule has 0 aliphatic rings. The van der Waals surface area contributed by atoms with E-state index in [1.165, 1.54) is 0 Å². The summed E-state index contributed by atoms with van der Waals surface area (Å²) in [5, 5.41) is 3.48. The van der Waals surface area contributed by atoms with E-state index in [-0.39, 0.29) is 5.54 Å². The lowest BCUT2D eigenvalue weighted by atomic mass is 9.93. The predicted molar refractivity (Wildman–Crippen MR) is 67.3 cm³/mol. The monoisotopic (exact) mass is 215 g/mol. The van der Waals surface area contributed by atoms with Crippen LogP contribution in [0.1, 0.15) is 54.4 Å². The van der Waals surface area contributed by atoms with Crippen molar-refractivity contribution in [3.63, 3.8) is 0 Å². The van der Waals surface area contributed by atoms with Crippen LogP contribution in [0.25, 0.3) is 0 Å². The highest BCUT2D eigenvalue weighted by molar-refractivity contribution is 4.74. The molecule has 0 bridgehead atoms. The van der Waals surface area contributed by atoms with E-state index < -0.39 is 0 Å². The Hall–Kier alpha value is -0.0800. The highest BCUT2D eigenvalue weighted by Gasteiger charge is 2.13. The topological polar surface area (TPSA) is 21.3 Å². The maximum absolute atomic E-state index is 5.59. The Morgan fingerprint density at radius 2 is 1.60 bits per heavy atom. The maximum Gasteiger partial charge on any atom is 0.0591 e. The second kappa shape index (κ2) is 6.49. The standard InChI is InChI=1S/C13H29NO/c1-7-13(5,6)14-9-11-15-10-8-12(2,3)4/h14H,7-11H2,1-6H3. The van der Waals surface area contributed by atoms with Crippen molar-refractivity contribution >= 4 is 0 Å². The van der Waals surface area contributed by atoms with Crippen LogP contribution >= 0.6 is 0 Å². The van der Waals surface area contributed by atoms with Gasteiger partial charge in [0.2, 0.25) is 0 Å². The van der Waals surface area contributed by atoms with E-state index in [1.54, 1.807) is 0 Å². The van der Waals surface area contributed by atoms with Gasteiger partial charge in [0.1, 0.15) is 0 Å². The molecule has 0 radical (unpaired) electrons. The van der Waals surface area contributed by atoms with Crippen molar-refractivity contribution in [1.29, 1.82) is 0 Å². The first kappa shape index (κ1) is 14.9. The highest BCUT2D eigenvalue weighted by atomic mass is 16.5. The van der Waals surface area contributed by atoms with Crippen LogP contribution < -0.4 is 5.32 Å². The molecule has 92 valence electrons. The molecule has 0 heterocycles. The largest absolute Gasteiger partial charge is 0.380 e. The van der Waals surface area contributed by atoms with E-state index in [0.29, 0.717) is 5.41 Å². The molecule has 0 rings (SSSR count). The Kier molecular flexibility index (Phi) is 6.46. The molecular formula is C13H29NO. The Labute approximate surface area is 95.8 Å². The molecule has 2 heteroatoms. The van der Waals surface area contributed by atoms with Crippen molar-refractivity contribution in [2.75, 3.05) is 19.8 Å². The number of hydrogen-bond acceptors (Lipinski definition) is 2. The van der Waals surface area contributed by atoms with Gasteiger partial charge in [-0.15, -0.1) is 0 Å². The third-order valence-electron chi connectivity index (χ3n) is 2.73. The van der Waals surface area contributed by atoms with Gasteiger partial charge in [-0.2, -0.15) is 0 Å². The summed E-state index contributed by atoms with van der Waals surface area (Å²) in [6.45, 7) is 16.0. The minimum absolute atomic E-state index is 0.243. The average Bonchev–Trinajstić information content (AvgIpc) is 2.09. The maximum atomic E-state index is 5.59. The molecule has 0 amide bonds. The molecule has 0 aromatic heterocycles. The van der Waals surface area contributed by atoms with Gasteiger partial charge in [-0.1, -0.05) is 27.7 Å². The first-order valence-corrected chi connectivity index (χ1v) is 6.10. The van der Waals surface area contributed by atoms with Gasteiger partial charge in [-0.25, -0.2) is 0 Å². The molecule has 2 nitrogen and oxygen atoms in total. The Morgan fingerprint density at radius 3 is 2.07 bits per heavy atom. The van der Waals surface area contributed by atoms with Crippen molar-refractivity contribution in [2.24, 2.45) is 5.41 Å². The molecule has 0 aliphatic carbocycles. The Bertz CT molecular complexity index is 158. The SMILES string of the molecule is CCC(C)(C)NCCOCCC(C)(C)C. The van der Waals surface area contributed by atoms with Gasteiger partial charge in [0, 0.05) is 18.7 Å². The van der Waals surface area contributed by atoms with E-state index in [0.717, 1.165) is 32.6 Å². The van der Waals surface area contributed by atoms with Crippen LogP contribution in [-0.4, -0.2) is 25.3 Å². The lowest BCUT2D eigenvalue weighted by molar-refractivity contribution is 0.105. The van der Waals surface area contributed by atoms with Gasteiger partial charge in [0.05, 0.1) is 6.61 Å². The molecular weight excluding hydrogens is 186 g/mol. The molecule has 1 N–H and O–H groups in total. The van der Waals surface area contributed by atoms with Crippen molar-refractivity contribution in [3.05, 3.63) is 0 Å².